The second-order valence-electron chi connectivity index (χ2n) is 5.61. The minimum Gasteiger partial charge on any atom is -0.457 e. The molecule has 0 atom stereocenters. The molecule has 0 heterocycles. The number of ether oxygens (including phenoxy) is 2. The molecule has 3 N–H and O–H groups in total. The predicted molar refractivity (Wildman–Crippen MR) is 98.8 cm³/mol. The van der Waals surface area contributed by atoms with Gasteiger partial charge in [0, 0.05) is 24.9 Å². The highest BCUT2D eigenvalue weighted by Gasteiger charge is 2.00. The molecule has 2 rings (SSSR count). The van der Waals surface area contributed by atoms with Crippen molar-refractivity contribution in [2.45, 2.75) is 26.4 Å². The van der Waals surface area contributed by atoms with Gasteiger partial charge in [0.15, 0.2) is 5.96 Å². The molecule has 0 aliphatic rings. The summed E-state index contributed by atoms with van der Waals surface area (Å²) in [5.41, 5.74) is 6.74. The molecule has 0 aliphatic heterocycles. The number of para-hydroxylation sites is 1. The van der Waals surface area contributed by atoms with Crippen LogP contribution in [0.25, 0.3) is 0 Å². The first kappa shape index (κ1) is 17.8. The average molecular weight is 327 g/mol. The lowest BCUT2D eigenvalue weighted by atomic mass is 10.3. The topological polar surface area (TPSA) is 68.9 Å². The summed E-state index contributed by atoms with van der Waals surface area (Å²) in [6, 6.07) is 17.3. The highest BCUT2D eigenvalue weighted by atomic mass is 16.5. The van der Waals surface area contributed by atoms with E-state index in [4.69, 9.17) is 15.2 Å². The van der Waals surface area contributed by atoms with E-state index in [9.17, 15) is 0 Å². The smallest absolute Gasteiger partial charge is 0.193 e. The minimum atomic E-state index is 0.247. The van der Waals surface area contributed by atoms with Crippen molar-refractivity contribution in [3.8, 4) is 11.5 Å². The number of hydrogen-bond acceptors (Lipinski definition) is 3. The highest BCUT2D eigenvalue weighted by molar-refractivity contribution is 5.92. The highest BCUT2D eigenvalue weighted by Crippen LogP contribution is 2.23. The number of rotatable bonds is 8. The number of nitrogens with zero attached hydrogens (tertiary/aromatic N) is 1. The predicted octanol–water partition coefficient (Wildman–Crippen LogP) is 4.02. The van der Waals surface area contributed by atoms with Crippen molar-refractivity contribution < 1.29 is 9.47 Å². The maximum Gasteiger partial charge on any atom is 0.193 e. The summed E-state index contributed by atoms with van der Waals surface area (Å²) >= 11 is 0. The van der Waals surface area contributed by atoms with Crippen molar-refractivity contribution in [1.82, 2.24) is 0 Å². The van der Waals surface area contributed by atoms with E-state index in [1.165, 1.54) is 0 Å². The fraction of sp³-hybridized carbons (Fsp3) is 0.316. The molecule has 24 heavy (non-hydrogen) atoms. The van der Waals surface area contributed by atoms with E-state index >= 15 is 0 Å². The molecule has 0 unspecified atom stereocenters. The maximum absolute atomic E-state index is 5.91. The lowest BCUT2D eigenvalue weighted by Gasteiger charge is -2.09. The van der Waals surface area contributed by atoms with Crippen LogP contribution in [0.15, 0.2) is 59.6 Å². The molecule has 0 fully saturated rings. The molecule has 0 bridgehead atoms. The molecule has 0 aliphatic carbocycles. The Bertz CT molecular complexity index is 642. The third-order valence-corrected chi connectivity index (χ3v) is 3.12. The summed E-state index contributed by atoms with van der Waals surface area (Å²) < 4.78 is 11.3. The Hall–Kier alpha value is -2.53. The molecule has 2 aromatic carbocycles. The fourth-order valence-corrected chi connectivity index (χ4v) is 2.03. The molecule has 128 valence electrons. The zero-order valence-corrected chi connectivity index (χ0v) is 14.2. The second kappa shape index (κ2) is 9.57. The summed E-state index contributed by atoms with van der Waals surface area (Å²) in [4.78, 5) is 4.29. The third kappa shape index (κ3) is 6.71. The Morgan fingerprint density at radius 1 is 1.08 bits per heavy atom. The van der Waals surface area contributed by atoms with Gasteiger partial charge in [-0.15, -0.1) is 0 Å². The molecule has 5 nitrogen and oxygen atoms in total. The molecule has 0 saturated heterocycles. The second-order valence-corrected chi connectivity index (χ2v) is 5.61. The van der Waals surface area contributed by atoms with Gasteiger partial charge in [0.05, 0.1) is 6.10 Å². The Kier molecular flexibility index (Phi) is 7.11. The Morgan fingerprint density at radius 3 is 2.58 bits per heavy atom. The first-order valence-electron chi connectivity index (χ1n) is 8.15. The van der Waals surface area contributed by atoms with E-state index in [-0.39, 0.29) is 6.10 Å². The zero-order valence-electron chi connectivity index (χ0n) is 14.2. The van der Waals surface area contributed by atoms with Gasteiger partial charge in [0.25, 0.3) is 0 Å². The van der Waals surface area contributed by atoms with Crippen molar-refractivity contribution in [2.75, 3.05) is 18.5 Å². The van der Waals surface area contributed by atoms with Crippen LogP contribution in [0.5, 0.6) is 11.5 Å². The normalized spacial score (nSPS) is 11.5. The van der Waals surface area contributed by atoms with Gasteiger partial charge < -0.3 is 20.5 Å². The third-order valence-electron chi connectivity index (χ3n) is 3.12. The van der Waals surface area contributed by atoms with Crippen molar-refractivity contribution in [1.29, 1.82) is 0 Å². The molecule has 0 radical (unpaired) electrons. The van der Waals surface area contributed by atoms with E-state index in [2.05, 4.69) is 10.3 Å². The van der Waals surface area contributed by atoms with Crippen molar-refractivity contribution in [2.24, 2.45) is 10.7 Å². The van der Waals surface area contributed by atoms with Crippen molar-refractivity contribution in [3.63, 3.8) is 0 Å². The average Bonchev–Trinajstić information content (AvgIpc) is 2.55. The molecule has 0 spiro atoms. The lowest BCUT2D eigenvalue weighted by Crippen LogP contribution is -2.23. The maximum atomic E-state index is 5.91. The largest absolute Gasteiger partial charge is 0.457 e. The SMILES string of the molecule is CC(C)OCCCN=C(N)Nc1cccc(Oc2ccccc2)c1. The number of nitrogens with two attached hydrogens (primary N) is 1. The lowest BCUT2D eigenvalue weighted by molar-refractivity contribution is 0.0783. The van der Waals surface area contributed by atoms with Gasteiger partial charge in [0.1, 0.15) is 11.5 Å². The van der Waals surface area contributed by atoms with Gasteiger partial charge >= 0.3 is 0 Å². The summed E-state index contributed by atoms with van der Waals surface area (Å²) in [6.07, 6.45) is 1.09. The number of nitrogens with one attached hydrogen (secondary N) is 1. The van der Waals surface area contributed by atoms with E-state index in [1.54, 1.807) is 0 Å². The molecular weight excluding hydrogens is 302 g/mol. The quantitative estimate of drug-likeness (QED) is 0.436. The van der Waals surface area contributed by atoms with E-state index in [0.29, 0.717) is 19.1 Å². The fourth-order valence-electron chi connectivity index (χ4n) is 2.03. The summed E-state index contributed by atoms with van der Waals surface area (Å²) in [7, 11) is 0. The Labute approximate surface area is 143 Å². The molecular formula is C19H25N3O2. The van der Waals surface area contributed by atoms with E-state index < -0.39 is 0 Å². The van der Waals surface area contributed by atoms with Gasteiger partial charge in [-0.25, -0.2) is 0 Å². The van der Waals surface area contributed by atoms with Crippen LogP contribution in [0.2, 0.25) is 0 Å². The van der Waals surface area contributed by atoms with E-state index in [0.717, 1.165) is 23.6 Å². The zero-order chi connectivity index (χ0) is 17.2. The van der Waals surface area contributed by atoms with Crippen LogP contribution in [-0.2, 0) is 4.74 Å². The number of benzene rings is 2. The van der Waals surface area contributed by atoms with Crippen LogP contribution >= 0.6 is 0 Å². The number of anilines is 1. The Morgan fingerprint density at radius 2 is 1.83 bits per heavy atom. The van der Waals surface area contributed by atoms with Gasteiger partial charge in [-0.1, -0.05) is 24.3 Å². The molecule has 2 aromatic rings. The van der Waals surface area contributed by atoms with E-state index in [1.807, 2.05) is 68.4 Å². The summed E-state index contributed by atoms with van der Waals surface area (Å²) in [6.45, 7) is 5.36. The molecule has 0 amide bonds. The number of hydrogen-bond donors (Lipinski definition) is 2. The number of guanidine groups is 1. The van der Waals surface area contributed by atoms with Crippen LogP contribution in [-0.4, -0.2) is 25.2 Å². The molecule has 0 saturated carbocycles. The monoisotopic (exact) mass is 327 g/mol. The Balaban J connectivity index is 1.84. The van der Waals surface area contributed by atoms with Crippen LogP contribution in [0, 0.1) is 0 Å². The standard InChI is InChI=1S/C19H25N3O2/c1-15(2)23-13-7-12-21-19(20)22-16-8-6-11-18(14-16)24-17-9-4-3-5-10-17/h3-6,8-11,14-15H,7,12-13H2,1-2H3,(H3,20,21,22). The van der Waals surface area contributed by atoms with Crippen LogP contribution in [0.3, 0.4) is 0 Å². The minimum absolute atomic E-state index is 0.247. The summed E-state index contributed by atoms with van der Waals surface area (Å²) in [5.74, 6) is 1.92. The van der Waals surface area contributed by atoms with Crippen LogP contribution < -0.4 is 15.8 Å². The van der Waals surface area contributed by atoms with Gasteiger partial charge in [-0.05, 0) is 44.5 Å². The van der Waals surface area contributed by atoms with Crippen LogP contribution in [0.4, 0.5) is 5.69 Å². The van der Waals surface area contributed by atoms with Gasteiger partial charge in [0.2, 0.25) is 0 Å². The molecule has 0 aromatic heterocycles. The first-order chi connectivity index (χ1) is 11.6. The van der Waals surface area contributed by atoms with Crippen molar-refractivity contribution >= 4 is 11.6 Å². The van der Waals surface area contributed by atoms with Crippen molar-refractivity contribution in [3.05, 3.63) is 54.6 Å². The molecule has 5 heteroatoms. The number of aliphatic imine (C=N–C) groups is 1. The van der Waals surface area contributed by atoms with Gasteiger partial charge in [-0.3, -0.25) is 4.99 Å². The van der Waals surface area contributed by atoms with Gasteiger partial charge in [-0.2, -0.15) is 0 Å². The summed E-state index contributed by atoms with van der Waals surface area (Å²) in [5, 5.41) is 3.07. The first-order valence-corrected chi connectivity index (χ1v) is 8.15. The van der Waals surface area contributed by atoms with Crippen LogP contribution in [0.1, 0.15) is 20.3 Å².